The molecule has 0 radical (unpaired) electrons. The van der Waals surface area contributed by atoms with Gasteiger partial charge in [-0.25, -0.2) is 4.98 Å². The summed E-state index contributed by atoms with van der Waals surface area (Å²) in [4.78, 5) is 6.03. The zero-order valence-corrected chi connectivity index (χ0v) is 8.64. The van der Waals surface area contributed by atoms with E-state index in [0.29, 0.717) is 18.8 Å². The maximum Gasteiger partial charge on any atom is 0.432 e. The van der Waals surface area contributed by atoms with Crippen molar-refractivity contribution >= 4 is 0 Å². The molecule has 0 bridgehead atoms. The molecule has 90 valence electrons. The van der Waals surface area contributed by atoms with E-state index in [2.05, 4.69) is 15.3 Å². The lowest BCUT2D eigenvalue weighted by Gasteiger charge is -2.07. The van der Waals surface area contributed by atoms with Crippen LogP contribution in [0.1, 0.15) is 24.0 Å². The smallest absolute Gasteiger partial charge is 0.380 e. The molecule has 2 heterocycles. The monoisotopic (exact) mass is 235 g/mol. The van der Waals surface area contributed by atoms with E-state index in [1.54, 1.807) is 7.11 Å². The van der Waals surface area contributed by atoms with Crippen LogP contribution in [0.25, 0.3) is 0 Å². The number of aromatic nitrogens is 2. The Kier molecular flexibility index (Phi) is 2.90. The summed E-state index contributed by atoms with van der Waals surface area (Å²) in [6, 6.07) is -0.193. The van der Waals surface area contributed by atoms with E-state index in [9.17, 15) is 13.2 Å². The third-order valence-corrected chi connectivity index (χ3v) is 2.65. The second-order valence-corrected chi connectivity index (χ2v) is 3.73. The van der Waals surface area contributed by atoms with Gasteiger partial charge in [0, 0.05) is 13.7 Å². The number of H-pyrrole nitrogens is 1. The van der Waals surface area contributed by atoms with Crippen LogP contribution in [0.3, 0.4) is 0 Å². The third-order valence-electron chi connectivity index (χ3n) is 2.65. The lowest BCUT2D eigenvalue weighted by molar-refractivity contribution is -0.141. The van der Waals surface area contributed by atoms with Gasteiger partial charge in [-0.15, -0.1) is 0 Å². The van der Waals surface area contributed by atoms with Gasteiger partial charge in [0.1, 0.15) is 11.5 Å². The number of ether oxygens (including phenoxy) is 1. The first-order valence-corrected chi connectivity index (χ1v) is 4.89. The Labute approximate surface area is 90.2 Å². The molecule has 0 saturated carbocycles. The second kappa shape index (κ2) is 4.06. The summed E-state index contributed by atoms with van der Waals surface area (Å²) in [5.74, 6) is 0.312. The maximum atomic E-state index is 12.3. The number of alkyl halides is 3. The molecule has 1 aromatic rings. The number of imidazole rings is 1. The minimum Gasteiger partial charge on any atom is -0.380 e. The van der Waals surface area contributed by atoms with Gasteiger partial charge in [0.2, 0.25) is 0 Å². The number of methoxy groups -OCH3 is 1. The molecule has 2 N–H and O–H groups in total. The highest BCUT2D eigenvalue weighted by molar-refractivity contribution is 5.09. The average Bonchev–Trinajstić information content (AvgIpc) is 2.85. The molecule has 1 aliphatic heterocycles. The standard InChI is InChI=1S/C9H12F3N3O/c1-16-5-2-6(13-3-5)8-14-4-7(15-8)9(10,11)12/h4-6,13H,2-3H2,1H3,(H,14,15). The number of hydrogen-bond donors (Lipinski definition) is 2. The minimum atomic E-state index is -4.37. The molecule has 1 aromatic heterocycles. The second-order valence-electron chi connectivity index (χ2n) is 3.73. The number of nitrogens with zero attached hydrogens (tertiary/aromatic N) is 1. The van der Waals surface area contributed by atoms with E-state index in [0.717, 1.165) is 6.20 Å². The summed E-state index contributed by atoms with van der Waals surface area (Å²) < 4.78 is 42.1. The maximum absolute atomic E-state index is 12.3. The van der Waals surface area contributed by atoms with Gasteiger partial charge in [-0.3, -0.25) is 0 Å². The van der Waals surface area contributed by atoms with Gasteiger partial charge in [-0.05, 0) is 6.42 Å². The van der Waals surface area contributed by atoms with Crippen molar-refractivity contribution in [1.82, 2.24) is 15.3 Å². The van der Waals surface area contributed by atoms with Crippen LogP contribution in [0.15, 0.2) is 6.20 Å². The van der Waals surface area contributed by atoms with Crippen LogP contribution >= 0.6 is 0 Å². The van der Waals surface area contributed by atoms with Gasteiger partial charge in [0.05, 0.1) is 18.3 Å². The Morgan fingerprint density at radius 1 is 1.50 bits per heavy atom. The summed E-state index contributed by atoms with van der Waals surface area (Å²) in [6.45, 7) is 0.628. The number of rotatable bonds is 2. The van der Waals surface area contributed by atoms with Crippen LogP contribution in [-0.4, -0.2) is 29.7 Å². The van der Waals surface area contributed by atoms with E-state index in [-0.39, 0.29) is 12.1 Å². The largest absolute Gasteiger partial charge is 0.432 e. The van der Waals surface area contributed by atoms with Crippen LogP contribution < -0.4 is 5.32 Å². The summed E-state index contributed by atoms with van der Waals surface area (Å²) in [7, 11) is 1.58. The van der Waals surface area contributed by atoms with Crippen molar-refractivity contribution in [3.63, 3.8) is 0 Å². The summed E-state index contributed by atoms with van der Waals surface area (Å²) >= 11 is 0. The predicted octanol–water partition coefficient (Wildman–Crippen LogP) is 1.48. The van der Waals surface area contributed by atoms with E-state index >= 15 is 0 Å². The van der Waals surface area contributed by atoms with Crippen LogP contribution in [0.4, 0.5) is 13.2 Å². The highest BCUT2D eigenvalue weighted by atomic mass is 19.4. The highest BCUT2D eigenvalue weighted by Gasteiger charge is 2.35. The molecule has 0 amide bonds. The molecular weight excluding hydrogens is 223 g/mol. The molecule has 1 saturated heterocycles. The quantitative estimate of drug-likeness (QED) is 0.816. The van der Waals surface area contributed by atoms with Crippen LogP contribution in [0.2, 0.25) is 0 Å². The Hall–Kier alpha value is -1.08. The van der Waals surface area contributed by atoms with E-state index in [1.807, 2.05) is 0 Å². The Morgan fingerprint density at radius 2 is 2.25 bits per heavy atom. The zero-order chi connectivity index (χ0) is 11.8. The first-order valence-electron chi connectivity index (χ1n) is 4.89. The van der Waals surface area contributed by atoms with Crippen molar-refractivity contribution in [2.75, 3.05) is 13.7 Å². The van der Waals surface area contributed by atoms with Gasteiger partial charge in [-0.2, -0.15) is 13.2 Å². The van der Waals surface area contributed by atoms with Gasteiger partial charge in [0.25, 0.3) is 0 Å². The number of aromatic amines is 1. The van der Waals surface area contributed by atoms with Crippen molar-refractivity contribution in [3.8, 4) is 0 Å². The van der Waals surface area contributed by atoms with Crippen LogP contribution in [-0.2, 0) is 10.9 Å². The Morgan fingerprint density at radius 3 is 2.75 bits per heavy atom. The van der Waals surface area contributed by atoms with Gasteiger partial charge in [-0.1, -0.05) is 0 Å². The molecule has 2 atom stereocenters. The van der Waals surface area contributed by atoms with E-state index in [4.69, 9.17) is 4.74 Å². The van der Waals surface area contributed by atoms with E-state index in [1.165, 1.54) is 0 Å². The lowest BCUT2D eigenvalue weighted by atomic mass is 10.2. The fourth-order valence-electron chi connectivity index (χ4n) is 1.75. The highest BCUT2D eigenvalue weighted by Crippen LogP contribution is 2.30. The lowest BCUT2D eigenvalue weighted by Crippen LogP contribution is -2.17. The predicted molar refractivity (Wildman–Crippen MR) is 49.7 cm³/mol. The summed E-state index contributed by atoms with van der Waals surface area (Å²) in [6.07, 6.45) is -2.90. The number of halogens is 3. The van der Waals surface area contributed by atoms with Crippen LogP contribution in [0.5, 0.6) is 0 Å². The topological polar surface area (TPSA) is 49.9 Å². The van der Waals surface area contributed by atoms with Gasteiger partial charge >= 0.3 is 6.18 Å². The average molecular weight is 235 g/mol. The Bertz CT molecular complexity index is 363. The first kappa shape index (κ1) is 11.4. The first-order chi connectivity index (χ1) is 7.50. The third kappa shape index (κ3) is 2.19. The van der Waals surface area contributed by atoms with Crippen LogP contribution in [0, 0.1) is 0 Å². The van der Waals surface area contributed by atoms with Gasteiger partial charge in [0.15, 0.2) is 0 Å². The van der Waals surface area contributed by atoms with Crippen molar-refractivity contribution in [3.05, 3.63) is 17.7 Å². The molecule has 0 spiro atoms. The molecular formula is C9H12F3N3O. The molecule has 1 fully saturated rings. The van der Waals surface area contributed by atoms with Crippen molar-refractivity contribution in [2.45, 2.75) is 24.7 Å². The molecule has 0 aliphatic carbocycles. The minimum absolute atomic E-state index is 0.0319. The number of hydrogen-bond acceptors (Lipinski definition) is 3. The fraction of sp³-hybridized carbons (Fsp3) is 0.667. The fourth-order valence-corrected chi connectivity index (χ4v) is 1.75. The molecule has 0 aromatic carbocycles. The molecule has 2 rings (SSSR count). The molecule has 4 nitrogen and oxygen atoms in total. The molecule has 7 heteroatoms. The van der Waals surface area contributed by atoms with Crippen molar-refractivity contribution in [2.24, 2.45) is 0 Å². The molecule has 16 heavy (non-hydrogen) atoms. The van der Waals surface area contributed by atoms with Crippen molar-refractivity contribution < 1.29 is 17.9 Å². The normalized spacial score (nSPS) is 26.2. The van der Waals surface area contributed by atoms with Crippen molar-refractivity contribution in [1.29, 1.82) is 0 Å². The SMILES string of the molecule is COC1CNC(c2ncc(C(F)(F)F)[nH]2)C1. The summed E-state index contributed by atoms with van der Waals surface area (Å²) in [5.41, 5.74) is -0.815. The molecule has 2 unspecified atom stereocenters. The van der Waals surface area contributed by atoms with Gasteiger partial charge < -0.3 is 15.0 Å². The summed E-state index contributed by atoms with van der Waals surface area (Å²) in [5, 5.41) is 3.05. The molecule has 1 aliphatic rings. The number of nitrogens with one attached hydrogen (secondary N) is 2. The zero-order valence-electron chi connectivity index (χ0n) is 8.64. The van der Waals surface area contributed by atoms with E-state index < -0.39 is 11.9 Å². The Balaban J connectivity index is 2.08.